The summed E-state index contributed by atoms with van der Waals surface area (Å²) < 4.78 is 5.56. The Hall–Kier alpha value is -0.970. The molecule has 108 valence electrons. The van der Waals surface area contributed by atoms with Crippen LogP contribution >= 0.6 is 0 Å². The van der Waals surface area contributed by atoms with Crippen LogP contribution in [0.25, 0.3) is 0 Å². The molecule has 19 heavy (non-hydrogen) atoms. The number of nitrogens with zero attached hydrogens (tertiary/aromatic N) is 2. The van der Waals surface area contributed by atoms with Crippen molar-refractivity contribution in [2.75, 3.05) is 27.2 Å². The fourth-order valence-corrected chi connectivity index (χ4v) is 1.44. The first-order valence-corrected chi connectivity index (χ1v) is 6.78. The van der Waals surface area contributed by atoms with Gasteiger partial charge in [-0.05, 0) is 46.5 Å². The Labute approximate surface area is 117 Å². The van der Waals surface area contributed by atoms with E-state index < -0.39 is 0 Å². The lowest BCUT2D eigenvalue weighted by atomic mass is 10.1. The summed E-state index contributed by atoms with van der Waals surface area (Å²) in [5.74, 6) is 0. The maximum Gasteiger partial charge on any atom is 0.0888 e. The SMILES string of the molecule is CN(C)CCOCc1ccc(CNC(C)(C)C)cn1. The molecule has 1 aromatic heterocycles. The number of likely N-dealkylation sites (N-methyl/N-ethyl adjacent to an activating group) is 1. The standard InChI is InChI=1S/C15H27N3O/c1-15(2,3)17-11-13-6-7-14(16-10-13)12-19-9-8-18(4)5/h6-7,10,17H,8-9,11-12H2,1-5H3. The van der Waals surface area contributed by atoms with E-state index in [0.717, 1.165) is 25.4 Å². The molecule has 1 rings (SSSR count). The number of hydrogen-bond acceptors (Lipinski definition) is 4. The van der Waals surface area contributed by atoms with Crippen molar-refractivity contribution in [2.45, 2.75) is 39.5 Å². The third-order valence-corrected chi connectivity index (χ3v) is 2.64. The Morgan fingerprint density at radius 2 is 2.00 bits per heavy atom. The highest BCUT2D eigenvalue weighted by molar-refractivity contribution is 5.13. The number of aromatic nitrogens is 1. The van der Waals surface area contributed by atoms with E-state index in [4.69, 9.17) is 4.74 Å². The predicted octanol–water partition coefficient (Wildman–Crippen LogP) is 2.05. The monoisotopic (exact) mass is 265 g/mol. The number of nitrogens with one attached hydrogen (secondary N) is 1. The Kier molecular flexibility index (Phi) is 6.42. The third-order valence-electron chi connectivity index (χ3n) is 2.64. The molecule has 4 nitrogen and oxygen atoms in total. The molecule has 0 atom stereocenters. The molecule has 0 amide bonds. The zero-order valence-electron chi connectivity index (χ0n) is 12.9. The topological polar surface area (TPSA) is 37.4 Å². The minimum Gasteiger partial charge on any atom is -0.374 e. The van der Waals surface area contributed by atoms with Crippen molar-refractivity contribution >= 4 is 0 Å². The molecule has 0 aliphatic rings. The summed E-state index contributed by atoms with van der Waals surface area (Å²) in [4.78, 5) is 6.52. The summed E-state index contributed by atoms with van der Waals surface area (Å²) in [6.07, 6.45) is 1.92. The molecule has 0 saturated heterocycles. The normalized spacial score (nSPS) is 12.1. The van der Waals surface area contributed by atoms with Crippen LogP contribution in [0.1, 0.15) is 32.0 Å². The van der Waals surface area contributed by atoms with Gasteiger partial charge in [-0.3, -0.25) is 4.98 Å². The van der Waals surface area contributed by atoms with Crippen molar-refractivity contribution in [3.63, 3.8) is 0 Å². The van der Waals surface area contributed by atoms with E-state index in [-0.39, 0.29) is 5.54 Å². The number of hydrogen-bond donors (Lipinski definition) is 1. The van der Waals surface area contributed by atoms with Crippen molar-refractivity contribution in [2.24, 2.45) is 0 Å². The molecular formula is C15H27N3O. The van der Waals surface area contributed by atoms with E-state index in [1.807, 2.05) is 26.4 Å². The highest BCUT2D eigenvalue weighted by Gasteiger charge is 2.08. The predicted molar refractivity (Wildman–Crippen MR) is 79.0 cm³/mol. The highest BCUT2D eigenvalue weighted by Crippen LogP contribution is 2.05. The van der Waals surface area contributed by atoms with Gasteiger partial charge >= 0.3 is 0 Å². The first kappa shape index (κ1) is 16.1. The molecule has 0 aliphatic heterocycles. The third kappa shape index (κ3) is 7.93. The summed E-state index contributed by atoms with van der Waals surface area (Å²) in [6.45, 7) is 9.59. The van der Waals surface area contributed by atoms with E-state index in [0.29, 0.717) is 6.61 Å². The molecule has 0 spiro atoms. The molecule has 1 aromatic rings. The summed E-state index contributed by atoms with van der Waals surface area (Å²) in [7, 11) is 4.08. The van der Waals surface area contributed by atoms with Crippen LogP contribution in [0, 0.1) is 0 Å². The lowest BCUT2D eigenvalue weighted by Gasteiger charge is -2.20. The molecule has 0 fully saturated rings. The van der Waals surface area contributed by atoms with Crippen LogP contribution in [-0.2, 0) is 17.9 Å². The molecule has 0 saturated carbocycles. The first-order chi connectivity index (χ1) is 8.87. The van der Waals surface area contributed by atoms with Gasteiger partial charge in [-0.25, -0.2) is 0 Å². The lowest BCUT2D eigenvalue weighted by Crippen LogP contribution is -2.35. The van der Waals surface area contributed by atoms with Gasteiger partial charge in [-0.15, -0.1) is 0 Å². The van der Waals surface area contributed by atoms with Gasteiger partial charge in [0.1, 0.15) is 0 Å². The maximum atomic E-state index is 5.56. The fraction of sp³-hybridized carbons (Fsp3) is 0.667. The summed E-state index contributed by atoms with van der Waals surface area (Å²) in [6, 6.07) is 4.14. The Morgan fingerprint density at radius 3 is 2.53 bits per heavy atom. The van der Waals surface area contributed by atoms with Gasteiger partial charge in [0.15, 0.2) is 0 Å². The number of ether oxygens (including phenoxy) is 1. The van der Waals surface area contributed by atoms with Gasteiger partial charge in [0.2, 0.25) is 0 Å². The van der Waals surface area contributed by atoms with Gasteiger partial charge in [-0.1, -0.05) is 6.07 Å². The van der Waals surface area contributed by atoms with Crippen molar-refractivity contribution in [1.29, 1.82) is 0 Å². The molecule has 0 aromatic carbocycles. The van der Waals surface area contributed by atoms with Gasteiger partial charge in [0.05, 0.1) is 18.9 Å². The number of rotatable bonds is 7. The molecule has 0 bridgehead atoms. The van der Waals surface area contributed by atoms with Crippen LogP contribution in [0.5, 0.6) is 0 Å². The number of pyridine rings is 1. The van der Waals surface area contributed by atoms with Gasteiger partial charge in [0.25, 0.3) is 0 Å². The van der Waals surface area contributed by atoms with Crippen molar-refractivity contribution in [3.05, 3.63) is 29.6 Å². The Balaban J connectivity index is 2.31. The average molecular weight is 265 g/mol. The molecule has 0 aliphatic carbocycles. The van der Waals surface area contributed by atoms with Crippen LogP contribution < -0.4 is 5.32 Å². The van der Waals surface area contributed by atoms with Gasteiger partial charge in [0, 0.05) is 24.8 Å². The first-order valence-electron chi connectivity index (χ1n) is 6.78. The van der Waals surface area contributed by atoms with E-state index >= 15 is 0 Å². The maximum absolute atomic E-state index is 5.56. The second-order valence-corrected chi connectivity index (χ2v) is 6.12. The average Bonchev–Trinajstić information content (AvgIpc) is 2.32. The minimum atomic E-state index is 0.133. The molecular weight excluding hydrogens is 238 g/mol. The second kappa shape index (κ2) is 7.58. The van der Waals surface area contributed by atoms with Gasteiger partial charge < -0.3 is 15.0 Å². The van der Waals surface area contributed by atoms with E-state index in [1.54, 1.807) is 0 Å². The molecule has 1 heterocycles. The molecule has 1 N–H and O–H groups in total. The van der Waals surface area contributed by atoms with Crippen molar-refractivity contribution in [1.82, 2.24) is 15.2 Å². The molecule has 0 radical (unpaired) electrons. The molecule has 0 unspecified atom stereocenters. The zero-order valence-corrected chi connectivity index (χ0v) is 12.9. The van der Waals surface area contributed by atoms with E-state index in [1.165, 1.54) is 5.56 Å². The minimum absolute atomic E-state index is 0.133. The quantitative estimate of drug-likeness (QED) is 0.766. The highest BCUT2D eigenvalue weighted by atomic mass is 16.5. The van der Waals surface area contributed by atoms with Crippen LogP contribution in [0.3, 0.4) is 0 Å². The smallest absolute Gasteiger partial charge is 0.0888 e. The summed E-state index contributed by atoms with van der Waals surface area (Å²) in [5.41, 5.74) is 2.32. The van der Waals surface area contributed by atoms with Crippen LogP contribution in [0.15, 0.2) is 18.3 Å². The van der Waals surface area contributed by atoms with Crippen molar-refractivity contribution < 1.29 is 4.74 Å². The molecule has 4 heteroatoms. The van der Waals surface area contributed by atoms with E-state index in [2.05, 4.69) is 42.0 Å². The van der Waals surface area contributed by atoms with Crippen LogP contribution in [0.4, 0.5) is 0 Å². The zero-order chi connectivity index (χ0) is 14.3. The summed E-state index contributed by atoms with van der Waals surface area (Å²) in [5, 5.41) is 3.45. The van der Waals surface area contributed by atoms with E-state index in [9.17, 15) is 0 Å². The Bertz CT molecular complexity index is 355. The Morgan fingerprint density at radius 1 is 1.26 bits per heavy atom. The van der Waals surface area contributed by atoms with Crippen molar-refractivity contribution in [3.8, 4) is 0 Å². The van der Waals surface area contributed by atoms with Crippen LogP contribution in [-0.4, -0.2) is 42.7 Å². The van der Waals surface area contributed by atoms with Crippen LogP contribution in [0.2, 0.25) is 0 Å². The lowest BCUT2D eigenvalue weighted by molar-refractivity contribution is 0.103. The van der Waals surface area contributed by atoms with Gasteiger partial charge in [-0.2, -0.15) is 0 Å². The summed E-state index contributed by atoms with van der Waals surface area (Å²) >= 11 is 0. The fourth-order valence-electron chi connectivity index (χ4n) is 1.44. The largest absolute Gasteiger partial charge is 0.374 e. The second-order valence-electron chi connectivity index (χ2n) is 6.12.